The zero-order chi connectivity index (χ0) is 26.9. The third-order valence-electron chi connectivity index (χ3n) is 6.31. The van der Waals surface area contributed by atoms with Crippen LogP contribution in [-0.2, 0) is 0 Å². The molecule has 1 aromatic carbocycles. The summed E-state index contributed by atoms with van der Waals surface area (Å²) in [6, 6.07) is 10.3. The summed E-state index contributed by atoms with van der Waals surface area (Å²) in [6.45, 7) is 1.36. The summed E-state index contributed by atoms with van der Waals surface area (Å²) >= 11 is 0. The number of benzene rings is 1. The Balaban J connectivity index is 1.38. The van der Waals surface area contributed by atoms with E-state index >= 15 is 0 Å². The molecule has 0 radical (unpaired) electrons. The Morgan fingerprint density at radius 1 is 0.923 bits per heavy atom. The first-order valence-corrected chi connectivity index (χ1v) is 12.3. The highest BCUT2D eigenvalue weighted by Gasteiger charge is 2.17. The second-order valence-corrected chi connectivity index (χ2v) is 9.28. The average Bonchev–Trinajstić information content (AvgIpc) is 3.56. The van der Waals surface area contributed by atoms with E-state index in [0.717, 1.165) is 28.6 Å². The van der Waals surface area contributed by atoms with Gasteiger partial charge in [0.1, 0.15) is 29.6 Å². The van der Waals surface area contributed by atoms with Crippen LogP contribution in [0.15, 0.2) is 61.2 Å². The molecule has 11 heteroatoms. The molecule has 0 aliphatic rings. The van der Waals surface area contributed by atoms with Crippen LogP contribution in [-0.4, -0.2) is 74.4 Å². The number of ether oxygens (including phenoxy) is 2. The first kappa shape index (κ1) is 24.4. The summed E-state index contributed by atoms with van der Waals surface area (Å²) in [5.74, 6) is 1.25. The highest BCUT2D eigenvalue weighted by Crippen LogP contribution is 2.33. The lowest BCUT2D eigenvalue weighted by Gasteiger charge is -2.11. The van der Waals surface area contributed by atoms with Gasteiger partial charge in [-0.2, -0.15) is 5.10 Å². The Hall–Kier alpha value is -4.90. The Bertz CT molecular complexity index is 1800. The third kappa shape index (κ3) is 4.87. The Morgan fingerprint density at radius 3 is 2.62 bits per heavy atom. The molecule has 0 saturated heterocycles. The van der Waals surface area contributed by atoms with Crippen LogP contribution in [0.1, 0.15) is 0 Å². The van der Waals surface area contributed by atoms with Crippen LogP contribution in [0.4, 0.5) is 4.39 Å². The number of aromatic amines is 2. The number of imidazole rings is 1. The second kappa shape index (κ2) is 10.1. The topological polar surface area (TPSA) is 118 Å². The van der Waals surface area contributed by atoms with Gasteiger partial charge in [-0.15, -0.1) is 0 Å². The fourth-order valence-electron chi connectivity index (χ4n) is 4.35. The molecule has 0 fully saturated rings. The number of nitrogens with one attached hydrogen (secondary N) is 2. The summed E-state index contributed by atoms with van der Waals surface area (Å²) in [5, 5.41) is 8.19. The van der Waals surface area contributed by atoms with E-state index < -0.39 is 5.82 Å². The van der Waals surface area contributed by atoms with Crippen molar-refractivity contribution < 1.29 is 13.9 Å². The number of fused-ring (bicyclic) bond motifs is 2. The van der Waals surface area contributed by atoms with Crippen LogP contribution in [0, 0.1) is 5.82 Å². The molecule has 10 nitrogen and oxygen atoms in total. The van der Waals surface area contributed by atoms with Gasteiger partial charge in [-0.1, -0.05) is 0 Å². The van der Waals surface area contributed by atoms with Crippen LogP contribution in [0.3, 0.4) is 0 Å². The van der Waals surface area contributed by atoms with Crippen molar-refractivity contribution in [3.63, 3.8) is 0 Å². The van der Waals surface area contributed by atoms with Crippen LogP contribution in [0.25, 0.3) is 56.0 Å². The molecule has 0 aliphatic heterocycles. The molecule has 5 aromatic heterocycles. The number of halogens is 1. The summed E-state index contributed by atoms with van der Waals surface area (Å²) in [6.07, 6.45) is 6.86. The first-order chi connectivity index (χ1) is 19.0. The fourth-order valence-corrected chi connectivity index (χ4v) is 4.35. The van der Waals surface area contributed by atoms with E-state index in [1.165, 1.54) is 19.2 Å². The zero-order valence-corrected chi connectivity index (χ0v) is 21.6. The molecular formula is C28H25FN8O2. The number of hydrogen-bond acceptors (Lipinski definition) is 8. The van der Waals surface area contributed by atoms with Gasteiger partial charge in [0.25, 0.3) is 0 Å². The Kier molecular flexibility index (Phi) is 6.33. The number of rotatable bonds is 8. The largest absolute Gasteiger partial charge is 0.497 e. The molecule has 0 amide bonds. The highest BCUT2D eigenvalue weighted by molar-refractivity contribution is 5.96. The van der Waals surface area contributed by atoms with Crippen LogP contribution in [0.2, 0.25) is 0 Å². The van der Waals surface area contributed by atoms with Crippen molar-refractivity contribution in [3.8, 4) is 45.3 Å². The molecule has 196 valence electrons. The number of pyridine rings is 3. The highest BCUT2D eigenvalue weighted by atomic mass is 19.1. The van der Waals surface area contributed by atoms with Crippen molar-refractivity contribution in [1.29, 1.82) is 0 Å². The smallest absolute Gasteiger partial charge is 0.181 e. The van der Waals surface area contributed by atoms with E-state index in [0.29, 0.717) is 52.0 Å². The summed E-state index contributed by atoms with van der Waals surface area (Å²) in [4.78, 5) is 23.4. The lowest BCUT2D eigenvalue weighted by molar-refractivity contribution is 0.261. The maximum atomic E-state index is 14.2. The van der Waals surface area contributed by atoms with Gasteiger partial charge >= 0.3 is 0 Å². The molecule has 6 aromatic rings. The van der Waals surface area contributed by atoms with Crippen LogP contribution in [0.5, 0.6) is 11.5 Å². The van der Waals surface area contributed by atoms with E-state index in [2.05, 4.69) is 35.0 Å². The molecule has 0 aliphatic carbocycles. The average molecular weight is 525 g/mol. The molecule has 39 heavy (non-hydrogen) atoms. The van der Waals surface area contributed by atoms with E-state index in [1.807, 2.05) is 32.3 Å². The fraction of sp³-hybridized carbons (Fsp3) is 0.179. The van der Waals surface area contributed by atoms with Gasteiger partial charge in [0.15, 0.2) is 17.1 Å². The van der Waals surface area contributed by atoms with E-state index in [1.54, 1.807) is 30.9 Å². The van der Waals surface area contributed by atoms with Gasteiger partial charge in [-0.05, 0) is 50.0 Å². The quantitative estimate of drug-likeness (QED) is 0.294. The number of nitrogens with zero attached hydrogens (tertiary/aromatic N) is 6. The minimum absolute atomic E-state index is 0.395. The second-order valence-electron chi connectivity index (χ2n) is 9.28. The monoisotopic (exact) mass is 524 g/mol. The van der Waals surface area contributed by atoms with Crippen molar-refractivity contribution in [1.82, 2.24) is 40.0 Å². The Morgan fingerprint density at radius 2 is 1.77 bits per heavy atom. The van der Waals surface area contributed by atoms with Gasteiger partial charge in [-0.3, -0.25) is 10.1 Å². The van der Waals surface area contributed by atoms with Gasteiger partial charge in [0.05, 0.1) is 24.2 Å². The molecule has 0 atom stereocenters. The van der Waals surface area contributed by atoms with Crippen LogP contribution < -0.4 is 9.47 Å². The van der Waals surface area contributed by atoms with Crippen molar-refractivity contribution >= 4 is 22.2 Å². The lowest BCUT2D eigenvalue weighted by atomic mass is 10.1. The molecule has 0 saturated carbocycles. The normalized spacial score (nSPS) is 11.5. The minimum Gasteiger partial charge on any atom is -0.497 e. The van der Waals surface area contributed by atoms with Gasteiger partial charge in [0, 0.05) is 47.9 Å². The lowest BCUT2D eigenvalue weighted by Crippen LogP contribution is -2.19. The number of hydrogen-bond donors (Lipinski definition) is 2. The zero-order valence-electron chi connectivity index (χ0n) is 21.6. The van der Waals surface area contributed by atoms with E-state index in [9.17, 15) is 4.39 Å². The third-order valence-corrected chi connectivity index (χ3v) is 6.31. The molecular weight excluding hydrogens is 499 g/mol. The van der Waals surface area contributed by atoms with Crippen molar-refractivity contribution in [2.45, 2.75) is 0 Å². The predicted octanol–water partition coefficient (Wildman–Crippen LogP) is 4.71. The molecule has 0 spiro atoms. The van der Waals surface area contributed by atoms with Gasteiger partial charge < -0.3 is 19.4 Å². The SMILES string of the molecule is COc1cc(F)cc(-c2ccnc3nc(-c4[nH]nc5ncc(-c6cncc(OCCN(C)C)c6)cc45)[nH]c23)c1. The predicted molar refractivity (Wildman–Crippen MR) is 146 cm³/mol. The van der Waals surface area contributed by atoms with Crippen LogP contribution >= 0.6 is 0 Å². The molecule has 0 bridgehead atoms. The molecule has 0 unspecified atom stereocenters. The van der Waals surface area contributed by atoms with Crippen molar-refractivity contribution in [2.75, 3.05) is 34.4 Å². The van der Waals surface area contributed by atoms with E-state index in [-0.39, 0.29) is 0 Å². The maximum absolute atomic E-state index is 14.2. The van der Waals surface area contributed by atoms with E-state index in [4.69, 9.17) is 14.5 Å². The standard InChI is InChI=1S/C28H25FN8O2/c1-37(2)6-7-39-21-10-17(13-30-15-21)18-11-23-25(35-36-26(23)32-14-18)28-33-24-22(4-5-31-27(24)34-28)16-8-19(29)12-20(9-16)38-3/h4-5,8-15H,6-7H2,1-3H3,(H,31,33,34)(H,32,35,36). The molecule has 5 heterocycles. The summed E-state index contributed by atoms with van der Waals surface area (Å²) in [7, 11) is 5.50. The molecule has 2 N–H and O–H groups in total. The summed E-state index contributed by atoms with van der Waals surface area (Å²) in [5.41, 5.74) is 5.48. The first-order valence-electron chi connectivity index (χ1n) is 12.3. The summed E-state index contributed by atoms with van der Waals surface area (Å²) < 4.78 is 25.3. The number of H-pyrrole nitrogens is 2. The van der Waals surface area contributed by atoms with Gasteiger partial charge in [-0.25, -0.2) is 19.3 Å². The van der Waals surface area contributed by atoms with Crippen molar-refractivity contribution in [3.05, 3.63) is 67.0 Å². The number of aromatic nitrogens is 7. The molecule has 6 rings (SSSR count). The number of methoxy groups -OCH3 is 1. The number of likely N-dealkylation sites (N-methyl/N-ethyl adjacent to an activating group) is 1. The minimum atomic E-state index is -0.395. The van der Waals surface area contributed by atoms with Gasteiger partial charge in [0.2, 0.25) is 0 Å². The van der Waals surface area contributed by atoms with Crippen molar-refractivity contribution in [2.24, 2.45) is 0 Å². The Labute approximate surface area is 222 Å². The maximum Gasteiger partial charge on any atom is 0.181 e.